The lowest BCUT2D eigenvalue weighted by Gasteiger charge is -2.37. The second-order valence-corrected chi connectivity index (χ2v) is 5.70. The molecule has 0 bridgehead atoms. The van der Waals surface area contributed by atoms with Crippen molar-refractivity contribution in [3.05, 3.63) is 42.6 Å². The van der Waals surface area contributed by atoms with Gasteiger partial charge in [-0.05, 0) is 32.0 Å². The number of nitrogens with zero attached hydrogens (tertiary/aromatic N) is 5. The first-order valence-electron chi connectivity index (χ1n) is 8.44. The lowest BCUT2D eigenvalue weighted by Crippen LogP contribution is -2.47. The minimum Gasteiger partial charge on any atom is -0.368 e. The standard InChI is InChI=1S/C18H25N5/c1-3-21(4-2)18-19-11-10-17(20-18)23-14-12-22(13-15-23)16-8-6-5-7-9-16/h5-11H,3-4,12-15H2,1-2H3. The molecule has 1 aromatic carbocycles. The molecule has 3 rings (SSSR count). The van der Waals surface area contributed by atoms with Crippen LogP contribution in [0.3, 0.4) is 0 Å². The number of para-hydroxylation sites is 1. The Kier molecular flexibility index (Phi) is 4.95. The van der Waals surface area contributed by atoms with Crippen LogP contribution < -0.4 is 14.7 Å². The Morgan fingerprint density at radius 1 is 0.913 bits per heavy atom. The molecule has 0 N–H and O–H groups in total. The third kappa shape index (κ3) is 3.55. The summed E-state index contributed by atoms with van der Waals surface area (Å²) in [6.07, 6.45) is 1.87. The van der Waals surface area contributed by atoms with Crippen LogP contribution in [0.4, 0.5) is 17.5 Å². The third-order valence-electron chi connectivity index (χ3n) is 4.40. The van der Waals surface area contributed by atoms with Crippen molar-refractivity contribution < 1.29 is 0 Å². The minimum absolute atomic E-state index is 0.831. The maximum absolute atomic E-state index is 4.76. The van der Waals surface area contributed by atoms with Crippen LogP contribution in [0.5, 0.6) is 0 Å². The highest BCUT2D eigenvalue weighted by molar-refractivity contribution is 5.50. The van der Waals surface area contributed by atoms with E-state index in [0.29, 0.717) is 0 Å². The number of anilines is 3. The fraction of sp³-hybridized carbons (Fsp3) is 0.444. The van der Waals surface area contributed by atoms with Crippen molar-refractivity contribution >= 4 is 17.5 Å². The second kappa shape index (κ2) is 7.31. The van der Waals surface area contributed by atoms with Crippen molar-refractivity contribution in [2.45, 2.75) is 13.8 Å². The lowest BCUT2D eigenvalue weighted by molar-refractivity contribution is 0.646. The van der Waals surface area contributed by atoms with E-state index in [4.69, 9.17) is 4.98 Å². The molecule has 2 aromatic rings. The molecule has 1 aromatic heterocycles. The molecular formula is C18H25N5. The molecule has 0 aliphatic carbocycles. The Balaban J connectivity index is 1.67. The average Bonchev–Trinajstić information content (AvgIpc) is 2.64. The van der Waals surface area contributed by atoms with Gasteiger partial charge in [0.1, 0.15) is 5.82 Å². The van der Waals surface area contributed by atoms with Crippen molar-refractivity contribution in [3.63, 3.8) is 0 Å². The Morgan fingerprint density at radius 2 is 1.57 bits per heavy atom. The summed E-state index contributed by atoms with van der Waals surface area (Å²) in [4.78, 5) is 16.1. The second-order valence-electron chi connectivity index (χ2n) is 5.70. The number of aromatic nitrogens is 2. The van der Waals surface area contributed by atoms with E-state index in [2.05, 4.69) is 63.9 Å². The molecule has 1 saturated heterocycles. The predicted molar refractivity (Wildman–Crippen MR) is 96.5 cm³/mol. The van der Waals surface area contributed by atoms with Gasteiger partial charge in [0, 0.05) is 51.2 Å². The number of hydrogen-bond acceptors (Lipinski definition) is 5. The van der Waals surface area contributed by atoms with Gasteiger partial charge in [0.25, 0.3) is 0 Å². The third-order valence-corrected chi connectivity index (χ3v) is 4.40. The highest BCUT2D eigenvalue weighted by Crippen LogP contribution is 2.20. The molecule has 1 aliphatic rings. The molecule has 5 nitrogen and oxygen atoms in total. The maximum Gasteiger partial charge on any atom is 0.227 e. The van der Waals surface area contributed by atoms with Crippen LogP contribution >= 0.6 is 0 Å². The highest BCUT2D eigenvalue weighted by atomic mass is 15.3. The zero-order valence-electron chi connectivity index (χ0n) is 14.0. The number of hydrogen-bond donors (Lipinski definition) is 0. The zero-order valence-corrected chi connectivity index (χ0v) is 14.0. The zero-order chi connectivity index (χ0) is 16.1. The first-order chi connectivity index (χ1) is 11.3. The van der Waals surface area contributed by atoms with Gasteiger partial charge >= 0.3 is 0 Å². The monoisotopic (exact) mass is 311 g/mol. The van der Waals surface area contributed by atoms with Gasteiger partial charge < -0.3 is 14.7 Å². The van der Waals surface area contributed by atoms with E-state index in [1.807, 2.05) is 12.3 Å². The summed E-state index contributed by atoms with van der Waals surface area (Å²) in [6.45, 7) is 10.2. The van der Waals surface area contributed by atoms with E-state index < -0.39 is 0 Å². The summed E-state index contributed by atoms with van der Waals surface area (Å²) in [5.74, 6) is 1.87. The Hall–Kier alpha value is -2.30. The van der Waals surface area contributed by atoms with Crippen LogP contribution in [0, 0.1) is 0 Å². The first-order valence-corrected chi connectivity index (χ1v) is 8.44. The van der Waals surface area contributed by atoms with Crippen LogP contribution in [-0.2, 0) is 0 Å². The van der Waals surface area contributed by atoms with Gasteiger partial charge in [-0.3, -0.25) is 0 Å². The normalized spacial score (nSPS) is 14.9. The summed E-state index contributed by atoms with van der Waals surface area (Å²) in [5, 5.41) is 0. The highest BCUT2D eigenvalue weighted by Gasteiger charge is 2.19. The van der Waals surface area contributed by atoms with Crippen LogP contribution in [0.25, 0.3) is 0 Å². The predicted octanol–water partition coefficient (Wildman–Crippen LogP) is 2.65. The van der Waals surface area contributed by atoms with E-state index in [-0.39, 0.29) is 0 Å². The molecule has 23 heavy (non-hydrogen) atoms. The summed E-state index contributed by atoms with van der Waals surface area (Å²) < 4.78 is 0. The number of piperazine rings is 1. The molecule has 0 unspecified atom stereocenters. The Morgan fingerprint density at radius 3 is 2.22 bits per heavy atom. The van der Waals surface area contributed by atoms with E-state index in [1.54, 1.807) is 0 Å². The van der Waals surface area contributed by atoms with Crippen molar-refractivity contribution in [2.24, 2.45) is 0 Å². The molecule has 0 radical (unpaired) electrons. The summed E-state index contributed by atoms with van der Waals surface area (Å²) >= 11 is 0. The van der Waals surface area contributed by atoms with Gasteiger partial charge in [0.15, 0.2) is 0 Å². The van der Waals surface area contributed by atoms with Crippen LogP contribution in [-0.4, -0.2) is 49.2 Å². The van der Waals surface area contributed by atoms with Crippen LogP contribution in [0.15, 0.2) is 42.6 Å². The topological polar surface area (TPSA) is 35.5 Å². The lowest BCUT2D eigenvalue weighted by atomic mass is 10.2. The van der Waals surface area contributed by atoms with Crippen molar-refractivity contribution in [1.29, 1.82) is 0 Å². The van der Waals surface area contributed by atoms with Crippen LogP contribution in [0.1, 0.15) is 13.8 Å². The largest absolute Gasteiger partial charge is 0.368 e. The van der Waals surface area contributed by atoms with E-state index in [1.165, 1.54) is 5.69 Å². The van der Waals surface area contributed by atoms with Gasteiger partial charge in [-0.1, -0.05) is 18.2 Å². The van der Waals surface area contributed by atoms with E-state index in [9.17, 15) is 0 Å². The Labute approximate surface area is 138 Å². The quantitative estimate of drug-likeness (QED) is 0.848. The Bertz CT molecular complexity index is 604. The molecule has 0 spiro atoms. The molecule has 1 aliphatic heterocycles. The molecule has 0 amide bonds. The van der Waals surface area contributed by atoms with Crippen LogP contribution in [0.2, 0.25) is 0 Å². The number of rotatable bonds is 5. The van der Waals surface area contributed by atoms with Crippen molar-refractivity contribution in [2.75, 3.05) is 54.0 Å². The SMILES string of the molecule is CCN(CC)c1nccc(N2CCN(c3ccccc3)CC2)n1. The minimum atomic E-state index is 0.831. The maximum atomic E-state index is 4.76. The van der Waals surface area contributed by atoms with E-state index in [0.717, 1.165) is 51.0 Å². The molecule has 0 saturated carbocycles. The fourth-order valence-corrected chi connectivity index (χ4v) is 3.01. The summed E-state index contributed by atoms with van der Waals surface area (Å²) in [6, 6.07) is 12.6. The van der Waals surface area contributed by atoms with E-state index >= 15 is 0 Å². The van der Waals surface area contributed by atoms with Gasteiger partial charge in [0.2, 0.25) is 5.95 Å². The average molecular weight is 311 g/mol. The molecule has 1 fully saturated rings. The smallest absolute Gasteiger partial charge is 0.227 e. The van der Waals surface area contributed by atoms with Crippen molar-refractivity contribution in [1.82, 2.24) is 9.97 Å². The summed E-state index contributed by atoms with van der Waals surface area (Å²) in [5.41, 5.74) is 1.30. The van der Waals surface area contributed by atoms with Gasteiger partial charge in [0.05, 0.1) is 0 Å². The fourth-order valence-electron chi connectivity index (χ4n) is 3.01. The molecule has 5 heteroatoms. The first kappa shape index (κ1) is 15.6. The molecule has 2 heterocycles. The van der Waals surface area contributed by atoms with Crippen molar-refractivity contribution in [3.8, 4) is 0 Å². The summed E-state index contributed by atoms with van der Waals surface area (Å²) in [7, 11) is 0. The van der Waals surface area contributed by atoms with Gasteiger partial charge in [-0.2, -0.15) is 4.98 Å². The van der Waals surface area contributed by atoms with Gasteiger partial charge in [-0.15, -0.1) is 0 Å². The van der Waals surface area contributed by atoms with Gasteiger partial charge in [-0.25, -0.2) is 4.98 Å². The molecule has 122 valence electrons. The molecule has 0 atom stereocenters. The molecular weight excluding hydrogens is 286 g/mol. The number of benzene rings is 1.